The number of alkyl halides is 1. The van der Waals surface area contributed by atoms with Crippen LogP contribution in [0.2, 0.25) is 0 Å². The Morgan fingerprint density at radius 3 is 3.00 bits per heavy atom. The fourth-order valence-electron chi connectivity index (χ4n) is 2.34. The molecule has 6 nitrogen and oxygen atoms in total. The SMILES string of the molecule is C=C[I-]CC/C=C/c1ccc2nc(Cc3nnc(CC(N)O)o3)sc2c1. The molecule has 3 N–H and O–H groups in total. The molecule has 3 rings (SSSR count). The van der Waals surface area contributed by atoms with E-state index in [1.807, 2.05) is 6.07 Å². The van der Waals surface area contributed by atoms with Crippen molar-refractivity contribution in [3.63, 3.8) is 0 Å². The Hall–Kier alpha value is -1.62. The standard InChI is InChI=1S/C18H20IN4O2S/c1-2-19-8-4-3-5-12-6-7-13-14(9-12)26-18(21-13)11-17-23-22-16(25-17)10-15(20)24/h2-3,5-7,9,15,24H,1,4,8,10-11,20H2/q-1/b5-3+. The van der Waals surface area contributed by atoms with Gasteiger partial charge in [0.25, 0.3) is 0 Å². The van der Waals surface area contributed by atoms with Crippen LogP contribution in [0.1, 0.15) is 28.8 Å². The number of benzene rings is 1. The van der Waals surface area contributed by atoms with Crippen LogP contribution in [0.4, 0.5) is 0 Å². The van der Waals surface area contributed by atoms with E-state index < -0.39 is 6.23 Å². The topological polar surface area (TPSA) is 98.1 Å². The first kappa shape index (κ1) is 19.2. The molecule has 0 amide bonds. The van der Waals surface area contributed by atoms with E-state index in [9.17, 15) is 0 Å². The zero-order valence-corrected chi connectivity index (χ0v) is 17.1. The molecule has 0 spiro atoms. The fraction of sp³-hybridized carbons (Fsp3) is 0.278. The number of nitrogens with zero attached hydrogens (tertiary/aromatic N) is 3. The van der Waals surface area contributed by atoms with Crippen molar-refractivity contribution in [1.29, 1.82) is 0 Å². The Morgan fingerprint density at radius 2 is 2.19 bits per heavy atom. The van der Waals surface area contributed by atoms with Gasteiger partial charge in [0.15, 0.2) is 0 Å². The quantitative estimate of drug-likeness (QED) is 0.188. The number of fused-ring (bicyclic) bond motifs is 1. The van der Waals surface area contributed by atoms with Crippen molar-refractivity contribution in [3.8, 4) is 0 Å². The second-order valence-electron chi connectivity index (χ2n) is 5.56. The van der Waals surface area contributed by atoms with E-state index in [0.29, 0.717) is 18.2 Å². The first-order chi connectivity index (χ1) is 12.6. The van der Waals surface area contributed by atoms with Crippen molar-refractivity contribution in [1.82, 2.24) is 15.2 Å². The normalized spacial score (nSPS) is 13.0. The number of aliphatic hydroxyl groups excluding tert-OH is 1. The van der Waals surface area contributed by atoms with E-state index in [2.05, 4.69) is 50.1 Å². The van der Waals surface area contributed by atoms with Crippen LogP contribution in [0.3, 0.4) is 0 Å². The molecule has 0 aliphatic carbocycles. The second-order valence-corrected chi connectivity index (χ2v) is 9.52. The van der Waals surface area contributed by atoms with Gasteiger partial charge in [-0.1, -0.05) is 0 Å². The van der Waals surface area contributed by atoms with Gasteiger partial charge in [-0.15, -0.1) is 5.10 Å². The van der Waals surface area contributed by atoms with Gasteiger partial charge in [-0.25, -0.2) is 0 Å². The molecule has 1 aromatic carbocycles. The fourth-order valence-corrected chi connectivity index (χ4v) is 4.51. The Labute approximate surface area is 166 Å². The second kappa shape index (κ2) is 9.36. The van der Waals surface area contributed by atoms with Crippen molar-refractivity contribution in [2.75, 3.05) is 4.43 Å². The zero-order valence-electron chi connectivity index (χ0n) is 14.1. The number of nitrogens with two attached hydrogens (primary N) is 1. The Kier molecular flexibility index (Phi) is 6.89. The monoisotopic (exact) mass is 483 g/mol. The van der Waals surface area contributed by atoms with Crippen LogP contribution in [0.15, 0.2) is 39.4 Å². The first-order valence-electron chi connectivity index (χ1n) is 8.13. The van der Waals surface area contributed by atoms with E-state index in [1.165, 1.54) is 9.99 Å². The molecule has 1 unspecified atom stereocenters. The van der Waals surface area contributed by atoms with Crippen LogP contribution in [0, 0.1) is 0 Å². The number of hydrogen-bond donors (Lipinski definition) is 2. The molecular weight excluding hydrogens is 463 g/mol. The minimum absolute atomic E-state index is 0.150. The van der Waals surface area contributed by atoms with Crippen molar-refractivity contribution in [2.24, 2.45) is 5.73 Å². The third kappa shape index (κ3) is 5.44. The Morgan fingerprint density at radius 1 is 1.35 bits per heavy atom. The van der Waals surface area contributed by atoms with E-state index >= 15 is 0 Å². The number of aromatic nitrogens is 3. The van der Waals surface area contributed by atoms with Crippen molar-refractivity contribution in [2.45, 2.75) is 25.5 Å². The van der Waals surface area contributed by atoms with E-state index in [4.69, 9.17) is 15.3 Å². The molecule has 8 heteroatoms. The number of rotatable bonds is 9. The van der Waals surface area contributed by atoms with Crippen LogP contribution < -0.4 is 26.9 Å². The molecule has 0 saturated carbocycles. The number of aliphatic hydroxyl groups is 1. The molecule has 0 aliphatic rings. The van der Waals surface area contributed by atoms with Crippen molar-refractivity contribution in [3.05, 3.63) is 57.3 Å². The summed E-state index contributed by atoms with van der Waals surface area (Å²) >= 11 is 1.78. The maximum absolute atomic E-state index is 9.16. The predicted octanol–water partition coefficient (Wildman–Crippen LogP) is -0.274. The van der Waals surface area contributed by atoms with Gasteiger partial charge in [-0.3, -0.25) is 0 Å². The first-order valence-corrected chi connectivity index (χ1v) is 11.7. The van der Waals surface area contributed by atoms with Gasteiger partial charge in [0.1, 0.15) is 6.23 Å². The van der Waals surface area contributed by atoms with Gasteiger partial charge in [0, 0.05) is 0 Å². The molecule has 1 atom stereocenters. The third-order valence-electron chi connectivity index (χ3n) is 3.46. The Balaban J connectivity index is 1.67. The molecule has 2 aromatic heterocycles. The molecule has 26 heavy (non-hydrogen) atoms. The predicted molar refractivity (Wildman–Crippen MR) is 99.3 cm³/mol. The van der Waals surface area contributed by atoms with Gasteiger partial charge in [0.05, 0.1) is 6.42 Å². The minimum atomic E-state index is -0.990. The summed E-state index contributed by atoms with van der Waals surface area (Å²) in [4.78, 5) is 4.63. The molecule has 0 bridgehead atoms. The van der Waals surface area contributed by atoms with E-state index in [1.54, 1.807) is 11.3 Å². The molecule has 0 saturated heterocycles. The average Bonchev–Trinajstić information content (AvgIpc) is 3.20. The summed E-state index contributed by atoms with van der Waals surface area (Å²) in [6.45, 7) is 3.78. The van der Waals surface area contributed by atoms with Crippen LogP contribution >= 0.6 is 11.3 Å². The van der Waals surface area contributed by atoms with Gasteiger partial charge in [0.2, 0.25) is 5.89 Å². The maximum atomic E-state index is 9.16. The summed E-state index contributed by atoms with van der Waals surface area (Å²) in [5, 5.41) is 17.9. The number of thiazole rings is 1. The van der Waals surface area contributed by atoms with E-state index in [0.717, 1.165) is 21.6 Å². The Bertz CT molecular complexity index is 904. The van der Waals surface area contributed by atoms with Crippen LogP contribution in [0.5, 0.6) is 0 Å². The summed E-state index contributed by atoms with van der Waals surface area (Å²) in [5.74, 6) is 0.813. The third-order valence-corrected chi connectivity index (χ3v) is 6.34. The number of allylic oxidation sites excluding steroid dienone is 1. The summed E-state index contributed by atoms with van der Waals surface area (Å²) in [6.07, 6.45) is 5.12. The molecular formula is C18H20IN4O2S-. The summed E-state index contributed by atoms with van der Waals surface area (Å²) in [7, 11) is 0. The van der Waals surface area contributed by atoms with E-state index in [-0.39, 0.29) is 27.6 Å². The van der Waals surface area contributed by atoms with Gasteiger partial charge >= 0.3 is 132 Å². The molecule has 0 aliphatic heterocycles. The summed E-state index contributed by atoms with van der Waals surface area (Å²) < 4.78 is 9.92. The molecule has 138 valence electrons. The number of hydrogen-bond acceptors (Lipinski definition) is 7. The molecule has 3 aromatic rings. The number of halogens is 1. The zero-order chi connectivity index (χ0) is 18.4. The van der Waals surface area contributed by atoms with Crippen molar-refractivity contribution < 1.29 is 30.7 Å². The van der Waals surface area contributed by atoms with Gasteiger partial charge in [-0.2, -0.15) is 0 Å². The van der Waals surface area contributed by atoms with Crippen LogP contribution in [-0.4, -0.2) is 30.9 Å². The molecule has 2 heterocycles. The van der Waals surface area contributed by atoms with Crippen LogP contribution in [0.25, 0.3) is 16.3 Å². The van der Waals surface area contributed by atoms with Gasteiger partial charge < -0.3 is 10.8 Å². The van der Waals surface area contributed by atoms with Gasteiger partial charge in [-0.05, 0) is 0 Å². The summed E-state index contributed by atoms with van der Waals surface area (Å²) in [5.41, 5.74) is 7.47. The molecule has 0 radical (unpaired) electrons. The average molecular weight is 483 g/mol. The van der Waals surface area contributed by atoms with Crippen LogP contribution in [-0.2, 0) is 12.8 Å². The summed E-state index contributed by atoms with van der Waals surface area (Å²) in [6, 6.07) is 6.27. The molecule has 0 fully saturated rings. The van der Waals surface area contributed by atoms with Crippen molar-refractivity contribution >= 4 is 27.6 Å².